The van der Waals surface area contributed by atoms with E-state index in [0.717, 1.165) is 0 Å². The van der Waals surface area contributed by atoms with Gasteiger partial charge in [0.15, 0.2) is 6.23 Å². The van der Waals surface area contributed by atoms with E-state index < -0.39 is 43.2 Å². The van der Waals surface area contributed by atoms with Crippen molar-refractivity contribution in [2.45, 2.75) is 37.6 Å². The minimum atomic E-state index is -1.41. The van der Waals surface area contributed by atoms with Crippen molar-refractivity contribution < 1.29 is 30.0 Å². The average molecular weight is 221 g/mol. The van der Waals surface area contributed by atoms with Gasteiger partial charge >= 0.3 is 0 Å². The smallest absolute Gasteiger partial charge is 0.218 e. The van der Waals surface area contributed by atoms with Crippen LogP contribution in [0.25, 0.3) is 0 Å². The highest BCUT2D eigenvalue weighted by Gasteiger charge is 2.45. The molecule has 0 aromatic rings. The normalized spacial score (nSPS) is 37.7. The number of hydrogen-bond donors (Lipinski definition) is 5. The second-order valence-electron chi connectivity index (χ2n) is 3.45. The molecule has 88 valence electrons. The van der Waals surface area contributed by atoms with Crippen molar-refractivity contribution in [3.8, 4) is 0 Å². The topological polar surface area (TPSA) is 119 Å². The Balaban J connectivity index is 2.60. The van der Waals surface area contributed by atoms with Crippen LogP contribution >= 0.6 is 0 Å². The molecule has 1 heterocycles. The van der Waals surface area contributed by atoms with Crippen LogP contribution in [0.4, 0.5) is 0 Å². The van der Waals surface area contributed by atoms with Crippen molar-refractivity contribution in [3.05, 3.63) is 0 Å². The number of ether oxygens (including phenoxy) is 1. The van der Waals surface area contributed by atoms with Gasteiger partial charge in [0.2, 0.25) is 5.91 Å². The zero-order valence-corrected chi connectivity index (χ0v) is 8.20. The summed E-state index contributed by atoms with van der Waals surface area (Å²) in [6, 6.07) is 0. The molecule has 1 amide bonds. The van der Waals surface area contributed by atoms with E-state index in [1.54, 1.807) is 0 Å². The van der Waals surface area contributed by atoms with Crippen LogP contribution in [0.2, 0.25) is 0 Å². The molecule has 1 saturated heterocycles. The molecule has 0 aliphatic carbocycles. The summed E-state index contributed by atoms with van der Waals surface area (Å²) in [5.74, 6) is -0.486. The van der Waals surface area contributed by atoms with Crippen molar-refractivity contribution in [2.24, 2.45) is 0 Å². The second-order valence-corrected chi connectivity index (χ2v) is 3.45. The largest absolute Gasteiger partial charge is 0.394 e. The Hall–Kier alpha value is -0.730. The first-order chi connectivity index (χ1) is 6.97. The number of amides is 1. The fourth-order valence-electron chi connectivity index (χ4n) is 1.48. The van der Waals surface area contributed by atoms with Gasteiger partial charge < -0.3 is 30.5 Å². The van der Waals surface area contributed by atoms with E-state index in [1.807, 2.05) is 0 Å². The molecular weight excluding hydrogens is 206 g/mol. The Kier molecular flexibility index (Phi) is 4.00. The van der Waals surface area contributed by atoms with E-state index in [2.05, 4.69) is 5.32 Å². The molecule has 7 nitrogen and oxygen atoms in total. The van der Waals surface area contributed by atoms with Crippen molar-refractivity contribution in [2.75, 3.05) is 6.61 Å². The van der Waals surface area contributed by atoms with Crippen molar-refractivity contribution in [3.63, 3.8) is 0 Å². The van der Waals surface area contributed by atoms with Gasteiger partial charge in [0.1, 0.15) is 24.4 Å². The molecule has 0 bridgehead atoms. The molecule has 1 fully saturated rings. The summed E-state index contributed by atoms with van der Waals surface area (Å²) in [6.07, 6.45) is -6.12. The van der Waals surface area contributed by atoms with Gasteiger partial charge in [0.25, 0.3) is 0 Å². The van der Waals surface area contributed by atoms with Crippen LogP contribution in [0, 0.1) is 0 Å². The molecule has 1 aliphatic rings. The maximum absolute atomic E-state index is 10.6. The van der Waals surface area contributed by atoms with Crippen molar-refractivity contribution >= 4 is 5.91 Å². The highest BCUT2D eigenvalue weighted by molar-refractivity contribution is 5.73. The monoisotopic (exact) mass is 221 g/mol. The lowest BCUT2D eigenvalue weighted by molar-refractivity contribution is -0.129. The van der Waals surface area contributed by atoms with E-state index in [-0.39, 0.29) is 0 Å². The Labute approximate surface area is 86.3 Å². The highest BCUT2D eigenvalue weighted by Crippen LogP contribution is 2.22. The molecule has 0 spiro atoms. The fraction of sp³-hybridized carbons (Fsp3) is 0.875. The van der Waals surface area contributed by atoms with Gasteiger partial charge in [-0.25, -0.2) is 0 Å². The van der Waals surface area contributed by atoms with Gasteiger partial charge in [-0.05, 0) is 0 Å². The van der Waals surface area contributed by atoms with E-state index >= 15 is 0 Å². The number of nitrogens with one attached hydrogen (secondary N) is 1. The van der Waals surface area contributed by atoms with Crippen LogP contribution in [0.15, 0.2) is 0 Å². The Morgan fingerprint density at radius 2 is 2.07 bits per heavy atom. The summed E-state index contributed by atoms with van der Waals surface area (Å²) in [5, 5.41) is 39.1. The number of carbonyl (C=O) groups excluding carboxylic acids is 1. The number of aliphatic hydroxyl groups is 4. The zero-order chi connectivity index (χ0) is 11.6. The van der Waals surface area contributed by atoms with E-state index in [4.69, 9.17) is 9.84 Å². The van der Waals surface area contributed by atoms with Crippen molar-refractivity contribution in [1.82, 2.24) is 5.32 Å². The minimum Gasteiger partial charge on any atom is -0.394 e. The van der Waals surface area contributed by atoms with Gasteiger partial charge in [-0.15, -0.1) is 0 Å². The fourth-order valence-corrected chi connectivity index (χ4v) is 1.48. The van der Waals surface area contributed by atoms with Gasteiger partial charge in [0, 0.05) is 6.92 Å². The summed E-state index contributed by atoms with van der Waals surface area (Å²) in [7, 11) is 0. The summed E-state index contributed by atoms with van der Waals surface area (Å²) >= 11 is 0. The van der Waals surface area contributed by atoms with Crippen LogP contribution in [0.3, 0.4) is 0 Å². The molecule has 7 heteroatoms. The van der Waals surface area contributed by atoms with Crippen molar-refractivity contribution in [1.29, 1.82) is 0 Å². The predicted octanol–water partition coefficient (Wildman–Crippen LogP) is -3.08. The van der Waals surface area contributed by atoms with Crippen LogP contribution < -0.4 is 5.32 Å². The van der Waals surface area contributed by atoms with Crippen LogP contribution in [0.5, 0.6) is 0 Å². The highest BCUT2D eigenvalue weighted by atomic mass is 16.6. The molecule has 15 heavy (non-hydrogen) atoms. The lowest BCUT2D eigenvalue weighted by Crippen LogP contribution is -2.48. The quantitative estimate of drug-likeness (QED) is 0.322. The zero-order valence-electron chi connectivity index (χ0n) is 8.20. The van der Waals surface area contributed by atoms with Crippen LogP contribution in [0.1, 0.15) is 6.92 Å². The van der Waals surface area contributed by atoms with Gasteiger partial charge in [-0.2, -0.15) is 0 Å². The maximum atomic E-state index is 10.6. The lowest BCUT2D eigenvalue weighted by Gasteiger charge is -2.21. The lowest BCUT2D eigenvalue weighted by atomic mass is 10.1. The number of rotatable bonds is 3. The molecule has 1 aliphatic heterocycles. The number of aliphatic hydroxyl groups excluding tert-OH is 4. The minimum absolute atomic E-state index is 0.471. The number of carbonyl (C=O) groups is 1. The number of hydrogen-bond acceptors (Lipinski definition) is 6. The van der Waals surface area contributed by atoms with Gasteiger partial charge in [-0.1, -0.05) is 0 Å². The molecule has 5 N–H and O–H groups in total. The molecular formula is C8H15NO6. The Morgan fingerprint density at radius 3 is 2.47 bits per heavy atom. The molecule has 1 unspecified atom stereocenters. The van der Waals surface area contributed by atoms with Gasteiger partial charge in [-0.3, -0.25) is 4.79 Å². The summed E-state index contributed by atoms with van der Waals surface area (Å²) in [5.41, 5.74) is 0. The third kappa shape index (κ3) is 2.64. The first-order valence-electron chi connectivity index (χ1n) is 4.55. The van der Waals surface area contributed by atoms with Crippen LogP contribution in [-0.4, -0.2) is 63.6 Å². The molecule has 0 radical (unpaired) electrons. The first kappa shape index (κ1) is 12.3. The van der Waals surface area contributed by atoms with Crippen LogP contribution in [-0.2, 0) is 9.53 Å². The Bertz CT molecular complexity index is 235. The summed E-state index contributed by atoms with van der Waals surface area (Å²) in [6.45, 7) is 0.728. The standard InChI is InChI=1S/C8H15NO6/c1-3(11)9-8(14)7-6(13)5(12)4(2-10)15-7/h4-8,10,12-14H,2H2,1H3,(H,9,11)/t4-,5-,6+,7-,8?/m1/s1. The predicted molar refractivity (Wildman–Crippen MR) is 47.6 cm³/mol. The molecule has 0 aromatic heterocycles. The average Bonchev–Trinajstić information content (AvgIpc) is 2.43. The molecule has 5 atom stereocenters. The van der Waals surface area contributed by atoms with E-state index in [9.17, 15) is 20.1 Å². The first-order valence-corrected chi connectivity index (χ1v) is 4.55. The summed E-state index contributed by atoms with van der Waals surface area (Å²) < 4.78 is 4.98. The third-order valence-electron chi connectivity index (χ3n) is 2.24. The molecule has 0 saturated carbocycles. The SMILES string of the molecule is CC(=O)NC(O)[C@@H]1O[C@H](CO)[C@@H](O)[C@@H]1O. The second kappa shape index (κ2) is 4.86. The Morgan fingerprint density at radius 1 is 1.47 bits per heavy atom. The van der Waals surface area contributed by atoms with Gasteiger partial charge in [0.05, 0.1) is 6.61 Å². The summed E-state index contributed by atoms with van der Waals surface area (Å²) in [4.78, 5) is 10.6. The molecule has 1 rings (SSSR count). The third-order valence-corrected chi connectivity index (χ3v) is 2.24. The van der Waals surface area contributed by atoms with E-state index in [1.165, 1.54) is 6.92 Å². The maximum Gasteiger partial charge on any atom is 0.218 e. The van der Waals surface area contributed by atoms with E-state index in [0.29, 0.717) is 0 Å². The molecule has 0 aromatic carbocycles.